The largest absolute Gasteiger partial charge is 0.495 e. The van der Waals surface area contributed by atoms with Crippen molar-refractivity contribution in [3.8, 4) is 11.8 Å². The van der Waals surface area contributed by atoms with E-state index in [0.717, 1.165) is 27.2 Å². The van der Waals surface area contributed by atoms with Crippen LogP contribution in [-0.2, 0) is 0 Å². The fourth-order valence-corrected chi connectivity index (χ4v) is 2.14. The summed E-state index contributed by atoms with van der Waals surface area (Å²) in [6.45, 7) is 2.01. The van der Waals surface area contributed by atoms with Crippen molar-refractivity contribution in [1.82, 2.24) is 0 Å². The molecule has 2 aromatic rings. The first-order chi connectivity index (χ1) is 9.13. The molecule has 3 nitrogen and oxygen atoms in total. The fourth-order valence-electron chi connectivity index (χ4n) is 1.78. The maximum atomic E-state index is 9.16. The number of hydrogen-bond donors (Lipinski definition) is 1. The molecular formula is C15H13BrN2O. The summed E-state index contributed by atoms with van der Waals surface area (Å²) in [5, 5.41) is 12.4. The second-order valence-electron chi connectivity index (χ2n) is 4.13. The normalized spacial score (nSPS) is 9.79. The molecule has 0 saturated heterocycles. The van der Waals surface area contributed by atoms with Crippen LogP contribution in [0, 0.1) is 18.3 Å². The molecule has 1 N–H and O–H groups in total. The van der Waals surface area contributed by atoms with Crippen molar-refractivity contribution in [2.24, 2.45) is 0 Å². The van der Waals surface area contributed by atoms with Gasteiger partial charge in [-0.05, 0) is 42.8 Å². The molecular weight excluding hydrogens is 304 g/mol. The van der Waals surface area contributed by atoms with E-state index in [1.165, 1.54) is 0 Å². The Morgan fingerprint density at radius 1 is 1.16 bits per heavy atom. The summed E-state index contributed by atoms with van der Waals surface area (Å²) in [5.41, 5.74) is 3.31. The van der Waals surface area contributed by atoms with Gasteiger partial charge >= 0.3 is 0 Å². The number of anilines is 2. The zero-order valence-corrected chi connectivity index (χ0v) is 12.3. The smallest absolute Gasteiger partial charge is 0.142 e. The molecule has 0 aliphatic rings. The van der Waals surface area contributed by atoms with Crippen LogP contribution in [0.5, 0.6) is 5.75 Å². The van der Waals surface area contributed by atoms with Gasteiger partial charge in [0, 0.05) is 4.47 Å². The minimum Gasteiger partial charge on any atom is -0.495 e. The number of nitrogens with one attached hydrogen (secondary N) is 1. The van der Waals surface area contributed by atoms with Gasteiger partial charge in [-0.2, -0.15) is 5.26 Å². The molecule has 96 valence electrons. The van der Waals surface area contributed by atoms with E-state index < -0.39 is 0 Å². The molecule has 0 bridgehead atoms. The monoisotopic (exact) mass is 316 g/mol. The Kier molecular flexibility index (Phi) is 4.08. The molecule has 0 fully saturated rings. The first-order valence-electron chi connectivity index (χ1n) is 5.75. The number of aryl methyl sites for hydroxylation is 1. The van der Waals surface area contributed by atoms with Gasteiger partial charge in [0.25, 0.3) is 0 Å². The van der Waals surface area contributed by atoms with Crippen LogP contribution in [0.3, 0.4) is 0 Å². The number of ether oxygens (including phenoxy) is 1. The Hall–Kier alpha value is -1.99. The van der Waals surface area contributed by atoms with Gasteiger partial charge < -0.3 is 10.1 Å². The minimum atomic E-state index is 0.581. The quantitative estimate of drug-likeness (QED) is 0.913. The molecule has 0 aromatic heterocycles. The topological polar surface area (TPSA) is 45.0 Å². The summed E-state index contributed by atoms with van der Waals surface area (Å²) >= 11 is 3.36. The first-order valence-corrected chi connectivity index (χ1v) is 6.54. The highest BCUT2D eigenvalue weighted by Gasteiger charge is 2.07. The summed E-state index contributed by atoms with van der Waals surface area (Å²) < 4.78 is 6.20. The van der Waals surface area contributed by atoms with E-state index in [1.807, 2.05) is 37.3 Å². The summed E-state index contributed by atoms with van der Waals surface area (Å²) in [4.78, 5) is 0. The van der Waals surface area contributed by atoms with E-state index in [1.54, 1.807) is 13.2 Å². The van der Waals surface area contributed by atoms with Gasteiger partial charge in [-0.15, -0.1) is 0 Å². The third kappa shape index (κ3) is 3.07. The maximum absolute atomic E-state index is 9.16. The molecule has 0 radical (unpaired) electrons. The minimum absolute atomic E-state index is 0.581. The summed E-state index contributed by atoms with van der Waals surface area (Å²) in [6.07, 6.45) is 0. The van der Waals surface area contributed by atoms with Crippen LogP contribution in [-0.4, -0.2) is 7.11 Å². The average Bonchev–Trinajstić information content (AvgIpc) is 2.41. The number of benzene rings is 2. The standard InChI is InChI=1S/C15H13BrN2O/c1-10-3-6-15(19-2)14(7-10)18-13-5-4-12(16)8-11(13)9-17/h3-8,18H,1-2H3. The molecule has 0 heterocycles. The van der Waals surface area contributed by atoms with Crippen molar-refractivity contribution >= 4 is 27.3 Å². The summed E-state index contributed by atoms with van der Waals surface area (Å²) in [7, 11) is 1.63. The number of nitrogens with zero attached hydrogens (tertiary/aromatic N) is 1. The molecule has 0 amide bonds. The zero-order chi connectivity index (χ0) is 13.8. The van der Waals surface area contributed by atoms with Crippen LogP contribution in [0.25, 0.3) is 0 Å². The average molecular weight is 317 g/mol. The second kappa shape index (κ2) is 5.77. The lowest BCUT2D eigenvalue weighted by molar-refractivity contribution is 0.416. The molecule has 0 atom stereocenters. The molecule has 0 aliphatic heterocycles. The Morgan fingerprint density at radius 3 is 2.63 bits per heavy atom. The lowest BCUT2D eigenvalue weighted by Gasteiger charge is -2.13. The lowest BCUT2D eigenvalue weighted by atomic mass is 10.1. The van der Waals surface area contributed by atoms with Crippen molar-refractivity contribution in [1.29, 1.82) is 5.26 Å². The van der Waals surface area contributed by atoms with Crippen molar-refractivity contribution in [3.05, 3.63) is 52.0 Å². The van der Waals surface area contributed by atoms with Gasteiger partial charge in [0.05, 0.1) is 24.0 Å². The number of halogens is 1. The highest BCUT2D eigenvalue weighted by Crippen LogP contribution is 2.30. The van der Waals surface area contributed by atoms with Crippen molar-refractivity contribution in [2.75, 3.05) is 12.4 Å². The zero-order valence-electron chi connectivity index (χ0n) is 10.7. The van der Waals surface area contributed by atoms with Crippen LogP contribution >= 0.6 is 15.9 Å². The maximum Gasteiger partial charge on any atom is 0.142 e. The number of methoxy groups -OCH3 is 1. The first kappa shape index (κ1) is 13.4. The van der Waals surface area contributed by atoms with Gasteiger partial charge in [0.15, 0.2) is 0 Å². The van der Waals surface area contributed by atoms with E-state index in [0.29, 0.717) is 5.56 Å². The number of nitriles is 1. The van der Waals surface area contributed by atoms with Gasteiger partial charge in [-0.3, -0.25) is 0 Å². The van der Waals surface area contributed by atoms with Crippen LogP contribution in [0.15, 0.2) is 40.9 Å². The Bertz CT molecular complexity index is 647. The third-order valence-electron chi connectivity index (χ3n) is 2.73. The Morgan fingerprint density at radius 2 is 1.95 bits per heavy atom. The molecule has 4 heteroatoms. The lowest BCUT2D eigenvalue weighted by Crippen LogP contribution is -1.97. The van der Waals surface area contributed by atoms with Crippen molar-refractivity contribution in [3.63, 3.8) is 0 Å². The van der Waals surface area contributed by atoms with Crippen LogP contribution in [0.1, 0.15) is 11.1 Å². The van der Waals surface area contributed by atoms with Gasteiger partial charge in [0.1, 0.15) is 11.8 Å². The fraction of sp³-hybridized carbons (Fsp3) is 0.133. The highest BCUT2D eigenvalue weighted by molar-refractivity contribution is 9.10. The van der Waals surface area contributed by atoms with E-state index in [4.69, 9.17) is 10.00 Å². The molecule has 2 aromatic carbocycles. The van der Waals surface area contributed by atoms with Crippen molar-refractivity contribution in [2.45, 2.75) is 6.92 Å². The van der Waals surface area contributed by atoms with E-state index >= 15 is 0 Å². The van der Waals surface area contributed by atoms with Crippen molar-refractivity contribution < 1.29 is 4.74 Å². The molecule has 0 unspecified atom stereocenters. The van der Waals surface area contributed by atoms with Gasteiger partial charge in [-0.1, -0.05) is 22.0 Å². The van der Waals surface area contributed by atoms with Crippen LogP contribution in [0.2, 0.25) is 0 Å². The van der Waals surface area contributed by atoms with Gasteiger partial charge in [0.2, 0.25) is 0 Å². The number of rotatable bonds is 3. The third-order valence-corrected chi connectivity index (χ3v) is 3.22. The molecule has 0 spiro atoms. The van der Waals surface area contributed by atoms with Crippen LogP contribution in [0.4, 0.5) is 11.4 Å². The predicted octanol–water partition coefficient (Wildman–Crippen LogP) is 4.38. The second-order valence-corrected chi connectivity index (χ2v) is 5.05. The van der Waals surface area contributed by atoms with E-state index in [9.17, 15) is 0 Å². The molecule has 19 heavy (non-hydrogen) atoms. The van der Waals surface area contributed by atoms with Crippen LogP contribution < -0.4 is 10.1 Å². The summed E-state index contributed by atoms with van der Waals surface area (Å²) in [6, 6.07) is 13.6. The molecule has 0 saturated carbocycles. The predicted molar refractivity (Wildman–Crippen MR) is 79.9 cm³/mol. The number of hydrogen-bond acceptors (Lipinski definition) is 3. The summed E-state index contributed by atoms with van der Waals surface area (Å²) in [5.74, 6) is 0.748. The van der Waals surface area contributed by atoms with E-state index in [2.05, 4.69) is 27.3 Å². The van der Waals surface area contributed by atoms with Gasteiger partial charge in [-0.25, -0.2) is 0 Å². The molecule has 2 rings (SSSR count). The van der Waals surface area contributed by atoms with E-state index in [-0.39, 0.29) is 0 Å². The highest BCUT2D eigenvalue weighted by atomic mass is 79.9. The Labute approximate surface area is 121 Å². The SMILES string of the molecule is COc1ccc(C)cc1Nc1ccc(Br)cc1C#N. The Balaban J connectivity index is 2.41. The molecule has 0 aliphatic carbocycles.